The number of ether oxygens (including phenoxy) is 3. The van der Waals surface area contributed by atoms with Gasteiger partial charge >= 0.3 is 0 Å². The van der Waals surface area contributed by atoms with Gasteiger partial charge in [-0.3, -0.25) is 0 Å². The van der Waals surface area contributed by atoms with E-state index in [-0.39, 0.29) is 12.5 Å². The maximum Gasteiger partial charge on any atom is 0.212 e. The highest BCUT2D eigenvalue weighted by Crippen LogP contribution is 2.26. The van der Waals surface area contributed by atoms with E-state index in [0.29, 0.717) is 25.6 Å². The molecule has 1 atom stereocenters. The van der Waals surface area contributed by atoms with Crippen molar-refractivity contribution in [3.05, 3.63) is 65.7 Å². The predicted octanol–water partition coefficient (Wildman–Crippen LogP) is 3.74. The molecule has 0 aliphatic rings. The van der Waals surface area contributed by atoms with E-state index < -0.39 is 16.1 Å². The number of benzene rings is 2. The molecule has 29 heavy (non-hydrogen) atoms. The van der Waals surface area contributed by atoms with Crippen LogP contribution < -0.4 is 9.46 Å². The Balaban J connectivity index is 2.17. The van der Waals surface area contributed by atoms with E-state index in [1.54, 1.807) is 0 Å². The Bertz CT molecular complexity index is 824. The van der Waals surface area contributed by atoms with Crippen molar-refractivity contribution in [3.8, 4) is 5.75 Å². The zero-order valence-corrected chi connectivity index (χ0v) is 18.2. The van der Waals surface area contributed by atoms with Crippen LogP contribution in [0.4, 0.5) is 0 Å². The first-order valence-corrected chi connectivity index (χ1v) is 11.4. The van der Waals surface area contributed by atoms with Gasteiger partial charge in [-0.1, -0.05) is 56.3 Å². The molecule has 0 spiro atoms. The normalized spacial score (nSPS) is 12.8. The van der Waals surface area contributed by atoms with Gasteiger partial charge in [-0.2, -0.15) is 0 Å². The Morgan fingerprint density at radius 2 is 1.72 bits per heavy atom. The molecular weight excluding hydrogens is 390 g/mol. The highest BCUT2D eigenvalue weighted by atomic mass is 32.2. The van der Waals surface area contributed by atoms with Crippen LogP contribution in [0.25, 0.3) is 0 Å². The monoisotopic (exact) mass is 421 g/mol. The average Bonchev–Trinajstić information content (AvgIpc) is 2.71. The Morgan fingerprint density at radius 1 is 1.00 bits per heavy atom. The summed E-state index contributed by atoms with van der Waals surface area (Å²) in [6, 6.07) is 16.6. The molecule has 6 nitrogen and oxygen atoms in total. The first-order chi connectivity index (χ1) is 13.9. The Hall–Kier alpha value is -1.93. The Morgan fingerprint density at radius 3 is 2.41 bits per heavy atom. The summed E-state index contributed by atoms with van der Waals surface area (Å²) in [5, 5.41) is 0. The van der Waals surface area contributed by atoms with Crippen molar-refractivity contribution < 1.29 is 22.6 Å². The summed E-state index contributed by atoms with van der Waals surface area (Å²) in [7, 11) is -1.98. The fraction of sp³-hybridized carbons (Fsp3) is 0.455. The van der Waals surface area contributed by atoms with Gasteiger partial charge in [0.1, 0.15) is 12.5 Å². The van der Waals surface area contributed by atoms with Crippen LogP contribution in [0, 0.1) is 5.92 Å². The molecule has 0 saturated heterocycles. The van der Waals surface area contributed by atoms with Gasteiger partial charge in [0.25, 0.3) is 0 Å². The second-order valence-electron chi connectivity index (χ2n) is 7.23. The molecule has 7 heteroatoms. The molecule has 2 rings (SSSR count). The first kappa shape index (κ1) is 23.3. The number of methoxy groups -OCH3 is 1. The third-order valence-electron chi connectivity index (χ3n) is 4.11. The van der Waals surface area contributed by atoms with Crippen LogP contribution in [0.1, 0.15) is 37.4 Å². The van der Waals surface area contributed by atoms with Gasteiger partial charge < -0.3 is 14.2 Å². The van der Waals surface area contributed by atoms with E-state index in [1.165, 1.54) is 7.11 Å². The number of rotatable bonds is 13. The van der Waals surface area contributed by atoms with Crippen LogP contribution >= 0.6 is 0 Å². The predicted molar refractivity (Wildman–Crippen MR) is 114 cm³/mol. The fourth-order valence-electron chi connectivity index (χ4n) is 2.75. The Kier molecular flexibility index (Phi) is 9.60. The van der Waals surface area contributed by atoms with Crippen LogP contribution in [-0.2, 0) is 19.5 Å². The van der Waals surface area contributed by atoms with E-state index in [4.69, 9.17) is 14.2 Å². The van der Waals surface area contributed by atoms with Gasteiger partial charge in [0.05, 0.1) is 25.0 Å². The quantitative estimate of drug-likeness (QED) is 0.394. The molecule has 1 N–H and O–H groups in total. The molecule has 0 radical (unpaired) electrons. The molecule has 2 aromatic carbocycles. The van der Waals surface area contributed by atoms with Gasteiger partial charge in [0, 0.05) is 7.11 Å². The second-order valence-corrected chi connectivity index (χ2v) is 9.10. The SMILES string of the molecule is COCOCCCS(=O)(=O)NC(c1ccccc1)c1cccc(OCC(C)C)c1. The third kappa shape index (κ3) is 8.53. The zero-order valence-electron chi connectivity index (χ0n) is 17.3. The van der Waals surface area contributed by atoms with E-state index >= 15 is 0 Å². The lowest BCUT2D eigenvalue weighted by molar-refractivity contribution is -0.0298. The van der Waals surface area contributed by atoms with E-state index in [0.717, 1.165) is 16.9 Å². The average molecular weight is 422 g/mol. The lowest BCUT2D eigenvalue weighted by Crippen LogP contribution is -2.31. The number of nitrogens with one attached hydrogen (secondary N) is 1. The van der Waals surface area contributed by atoms with Gasteiger partial charge in [0.15, 0.2) is 0 Å². The molecule has 0 heterocycles. The third-order valence-corrected chi connectivity index (χ3v) is 5.53. The van der Waals surface area contributed by atoms with Gasteiger partial charge in [0.2, 0.25) is 10.0 Å². The second kappa shape index (κ2) is 11.9. The highest BCUT2D eigenvalue weighted by molar-refractivity contribution is 7.89. The van der Waals surface area contributed by atoms with Crippen molar-refractivity contribution in [2.45, 2.75) is 26.3 Å². The molecule has 0 bridgehead atoms. The lowest BCUT2D eigenvalue weighted by atomic mass is 9.99. The van der Waals surface area contributed by atoms with E-state index in [2.05, 4.69) is 18.6 Å². The zero-order chi connectivity index (χ0) is 21.1. The van der Waals surface area contributed by atoms with Crippen molar-refractivity contribution >= 4 is 10.0 Å². The van der Waals surface area contributed by atoms with Gasteiger partial charge in [-0.25, -0.2) is 13.1 Å². The van der Waals surface area contributed by atoms with Crippen LogP contribution in [0.3, 0.4) is 0 Å². The molecule has 1 unspecified atom stereocenters. The summed E-state index contributed by atoms with van der Waals surface area (Å²) < 4.78 is 44.0. The summed E-state index contributed by atoms with van der Waals surface area (Å²) >= 11 is 0. The summed E-state index contributed by atoms with van der Waals surface area (Å²) in [4.78, 5) is 0. The van der Waals surface area contributed by atoms with Crippen LogP contribution in [0.2, 0.25) is 0 Å². The summed E-state index contributed by atoms with van der Waals surface area (Å²) in [6.07, 6.45) is 0.387. The van der Waals surface area contributed by atoms with Crippen molar-refractivity contribution in [2.24, 2.45) is 5.92 Å². The topological polar surface area (TPSA) is 73.9 Å². The molecule has 2 aromatic rings. The minimum atomic E-state index is -3.51. The van der Waals surface area contributed by atoms with Gasteiger partial charge in [-0.05, 0) is 35.6 Å². The van der Waals surface area contributed by atoms with E-state index in [9.17, 15) is 8.42 Å². The first-order valence-electron chi connectivity index (χ1n) is 9.75. The van der Waals surface area contributed by atoms with Crippen molar-refractivity contribution in [1.29, 1.82) is 0 Å². The molecule has 0 amide bonds. The molecular formula is C22H31NO5S. The number of sulfonamides is 1. The fourth-order valence-corrected chi connectivity index (χ4v) is 4.00. The van der Waals surface area contributed by atoms with Crippen LogP contribution in [0.15, 0.2) is 54.6 Å². The molecule has 0 aliphatic carbocycles. The summed E-state index contributed by atoms with van der Waals surface area (Å²) in [6.45, 7) is 5.25. The lowest BCUT2D eigenvalue weighted by Gasteiger charge is -2.21. The largest absolute Gasteiger partial charge is 0.493 e. The smallest absolute Gasteiger partial charge is 0.212 e. The van der Waals surface area contributed by atoms with Crippen molar-refractivity contribution in [3.63, 3.8) is 0 Å². The molecule has 0 saturated carbocycles. The summed E-state index contributed by atoms with van der Waals surface area (Å²) in [5.41, 5.74) is 1.70. The van der Waals surface area contributed by atoms with E-state index in [1.807, 2.05) is 54.6 Å². The minimum Gasteiger partial charge on any atom is -0.493 e. The summed E-state index contributed by atoms with van der Waals surface area (Å²) in [5.74, 6) is 1.11. The maximum atomic E-state index is 12.7. The standard InChI is InChI=1S/C22H31NO5S/c1-18(2)16-28-21-12-7-11-20(15-21)22(19-9-5-4-6-10-19)23-29(24,25)14-8-13-27-17-26-3/h4-7,9-12,15,18,22-23H,8,13-14,16-17H2,1-3H3. The van der Waals surface area contributed by atoms with Crippen LogP contribution in [-0.4, -0.2) is 41.3 Å². The van der Waals surface area contributed by atoms with Crippen molar-refractivity contribution in [1.82, 2.24) is 4.72 Å². The highest BCUT2D eigenvalue weighted by Gasteiger charge is 2.21. The van der Waals surface area contributed by atoms with Crippen molar-refractivity contribution in [2.75, 3.05) is 32.9 Å². The Labute approximate surface area is 174 Å². The number of hydrogen-bond donors (Lipinski definition) is 1. The number of hydrogen-bond acceptors (Lipinski definition) is 5. The maximum absolute atomic E-state index is 12.7. The molecule has 0 aliphatic heterocycles. The van der Waals surface area contributed by atoms with Gasteiger partial charge in [-0.15, -0.1) is 0 Å². The van der Waals surface area contributed by atoms with Crippen LogP contribution in [0.5, 0.6) is 5.75 Å². The molecule has 160 valence electrons. The molecule has 0 aromatic heterocycles. The minimum absolute atomic E-state index is 0.0242. The molecule has 0 fully saturated rings.